The van der Waals surface area contributed by atoms with E-state index in [0.29, 0.717) is 18.2 Å². The Kier molecular flexibility index (Phi) is 4.99. The summed E-state index contributed by atoms with van der Waals surface area (Å²) >= 11 is 0. The van der Waals surface area contributed by atoms with Crippen LogP contribution in [-0.4, -0.2) is 48.9 Å². The molecule has 1 saturated heterocycles. The third-order valence-electron chi connectivity index (χ3n) is 3.21. The van der Waals surface area contributed by atoms with Crippen molar-refractivity contribution in [2.75, 3.05) is 33.2 Å². The molecule has 0 aliphatic carbocycles. The van der Waals surface area contributed by atoms with Gasteiger partial charge in [0.2, 0.25) is 5.91 Å². The summed E-state index contributed by atoms with van der Waals surface area (Å²) < 4.78 is 0. The van der Waals surface area contributed by atoms with Gasteiger partial charge in [0.15, 0.2) is 0 Å². The third kappa shape index (κ3) is 5.07. The summed E-state index contributed by atoms with van der Waals surface area (Å²) in [5.41, 5.74) is 0.0797. The quantitative estimate of drug-likeness (QED) is 0.711. The minimum atomic E-state index is 0.0797. The van der Waals surface area contributed by atoms with Crippen molar-refractivity contribution in [1.82, 2.24) is 9.80 Å². The summed E-state index contributed by atoms with van der Waals surface area (Å²) in [5, 5.41) is 0. The van der Waals surface area contributed by atoms with Crippen LogP contribution in [0.4, 0.5) is 0 Å². The van der Waals surface area contributed by atoms with Crippen LogP contribution < -0.4 is 0 Å². The molecule has 3 nitrogen and oxygen atoms in total. The summed E-state index contributed by atoms with van der Waals surface area (Å²) in [4.78, 5) is 16.3. The van der Waals surface area contributed by atoms with E-state index in [1.54, 1.807) is 0 Å². The minimum Gasteiger partial charge on any atom is -0.343 e. The number of hydrogen-bond donors (Lipinski definition) is 0. The highest BCUT2D eigenvalue weighted by Crippen LogP contribution is 2.24. The van der Waals surface area contributed by atoms with Crippen molar-refractivity contribution >= 4 is 5.91 Å². The van der Waals surface area contributed by atoms with Crippen LogP contribution in [0.15, 0.2) is 0 Å². The van der Waals surface area contributed by atoms with Crippen molar-refractivity contribution in [3.8, 4) is 0 Å². The number of carbonyl (C=O) groups is 1. The van der Waals surface area contributed by atoms with Gasteiger partial charge >= 0.3 is 0 Å². The van der Waals surface area contributed by atoms with Gasteiger partial charge in [-0.1, -0.05) is 27.7 Å². The fourth-order valence-electron chi connectivity index (χ4n) is 2.56. The van der Waals surface area contributed by atoms with Gasteiger partial charge in [-0.15, -0.1) is 0 Å². The average Bonchev–Trinajstić information content (AvgIpc) is 1.93. The highest BCUT2D eigenvalue weighted by molar-refractivity contribution is 5.77. The van der Waals surface area contributed by atoms with Crippen molar-refractivity contribution in [3.05, 3.63) is 0 Å². The topological polar surface area (TPSA) is 23.6 Å². The van der Waals surface area contributed by atoms with Gasteiger partial charge in [-0.25, -0.2) is 0 Å². The largest absolute Gasteiger partial charge is 0.343 e. The Morgan fingerprint density at radius 3 is 2.35 bits per heavy atom. The Morgan fingerprint density at radius 1 is 1.35 bits per heavy atom. The predicted molar refractivity (Wildman–Crippen MR) is 71.9 cm³/mol. The van der Waals surface area contributed by atoms with Crippen LogP contribution in [0.1, 0.15) is 40.5 Å². The molecular formula is C14H28N2O. The van der Waals surface area contributed by atoms with Gasteiger partial charge in [-0.05, 0) is 24.8 Å². The maximum atomic E-state index is 12.0. The monoisotopic (exact) mass is 240 g/mol. The van der Waals surface area contributed by atoms with E-state index in [2.05, 4.69) is 39.6 Å². The van der Waals surface area contributed by atoms with Gasteiger partial charge in [-0.2, -0.15) is 0 Å². The number of hydrogen-bond acceptors (Lipinski definition) is 2. The standard InChI is InChI=1S/C14H28N2O/c1-12(2)10-15(5)11-14(3,4)9-13(17)16-7-6-8-16/h12H,6-11H2,1-5H3. The molecule has 0 atom stereocenters. The zero-order valence-corrected chi connectivity index (χ0v) is 12.1. The molecule has 1 aliphatic rings. The van der Waals surface area contributed by atoms with Crippen LogP contribution in [0.3, 0.4) is 0 Å². The second-order valence-electron chi connectivity index (χ2n) is 6.67. The fraction of sp³-hybridized carbons (Fsp3) is 0.929. The Hall–Kier alpha value is -0.570. The first-order valence-corrected chi connectivity index (χ1v) is 6.76. The Bertz CT molecular complexity index is 257. The van der Waals surface area contributed by atoms with E-state index < -0.39 is 0 Å². The fourth-order valence-corrected chi connectivity index (χ4v) is 2.56. The van der Waals surface area contributed by atoms with E-state index >= 15 is 0 Å². The maximum absolute atomic E-state index is 12.0. The van der Waals surface area contributed by atoms with Crippen molar-refractivity contribution in [2.24, 2.45) is 11.3 Å². The first kappa shape index (κ1) is 14.5. The van der Waals surface area contributed by atoms with E-state index in [1.807, 2.05) is 4.90 Å². The van der Waals surface area contributed by atoms with Crippen molar-refractivity contribution in [3.63, 3.8) is 0 Å². The molecule has 0 saturated carbocycles. The Labute approximate surface area is 106 Å². The van der Waals surface area contributed by atoms with Crippen LogP contribution in [0, 0.1) is 11.3 Å². The molecule has 0 aromatic heterocycles. The van der Waals surface area contributed by atoms with Gasteiger partial charge in [0, 0.05) is 32.6 Å². The number of nitrogens with zero attached hydrogens (tertiary/aromatic N) is 2. The summed E-state index contributed by atoms with van der Waals surface area (Å²) in [6, 6.07) is 0. The van der Waals surface area contributed by atoms with Crippen LogP contribution in [0.5, 0.6) is 0 Å². The molecule has 0 aromatic rings. The lowest BCUT2D eigenvalue weighted by Gasteiger charge is -2.36. The smallest absolute Gasteiger partial charge is 0.223 e. The minimum absolute atomic E-state index is 0.0797. The third-order valence-corrected chi connectivity index (χ3v) is 3.21. The molecule has 17 heavy (non-hydrogen) atoms. The molecule has 0 bridgehead atoms. The zero-order chi connectivity index (χ0) is 13.1. The van der Waals surface area contributed by atoms with Crippen LogP contribution in [-0.2, 0) is 4.79 Å². The van der Waals surface area contributed by atoms with Crippen molar-refractivity contribution < 1.29 is 4.79 Å². The van der Waals surface area contributed by atoms with Gasteiger partial charge in [0.1, 0.15) is 0 Å². The number of rotatable bonds is 6. The van der Waals surface area contributed by atoms with Gasteiger partial charge < -0.3 is 9.80 Å². The normalized spacial score (nSPS) is 16.5. The van der Waals surface area contributed by atoms with E-state index in [1.165, 1.54) is 6.42 Å². The number of amides is 1. The second kappa shape index (κ2) is 5.85. The van der Waals surface area contributed by atoms with E-state index in [0.717, 1.165) is 26.2 Å². The van der Waals surface area contributed by atoms with Crippen LogP contribution in [0.2, 0.25) is 0 Å². The molecule has 3 heteroatoms. The summed E-state index contributed by atoms with van der Waals surface area (Å²) in [7, 11) is 2.15. The lowest BCUT2D eigenvalue weighted by atomic mass is 9.87. The molecule has 0 aromatic carbocycles. The average molecular weight is 240 g/mol. The summed E-state index contributed by atoms with van der Waals surface area (Å²) in [5.74, 6) is 1.01. The van der Waals surface area contributed by atoms with Gasteiger partial charge in [0.05, 0.1) is 0 Å². The Morgan fingerprint density at radius 2 is 1.94 bits per heavy atom. The van der Waals surface area contributed by atoms with Gasteiger partial charge in [0.25, 0.3) is 0 Å². The molecule has 1 amide bonds. The first-order valence-electron chi connectivity index (χ1n) is 6.76. The summed E-state index contributed by atoms with van der Waals surface area (Å²) in [6.07, 6.45) is 1.86. The molecule has 0 N–H and O–H groups in total. The molecule has 100 valence electrons. The molecule has 1 heterocycles. The van der Waals surface area contributed by atoms with Crippen LogP contribution >= 0.6 is 0 Å². The molecule has 1 aliphatic heterocycles. The van der Waals surface area contributed by atoms with E-state index in [9.17, 15) is 4.79 Å². The number of carbonyl (C=O) groups excluding carboxylic acids is 1. The van der Waals surface area contributed by atoms with E-state index in [4.69, 9.17) is 0 Å². The highest BCUT2D eigenvalue weighted by Gasteiger charge is 2.28. The Balaban J connectivity index is 2.35. The van der Waals surface area contributed by atoms with Crippen molar-refractivity contribution in [2.45, 2.75) is 40.5 Å². The lowest BCUT2D eigenvalue weighted by Crippen LogP contribution is -2.45. The van der Waals surface area contributed by atoms with E-state index in [-0.39, 0.29) is 5.41 Å². The zero-order valence-electron chi connectivity index (χ0n) is 12.1. The highest BCUT2D eigenvalue weighted by atomic mass is 16.2. The SMILES string of the molecule is CC(C)CN(C)CC(C)(C)CC(=O)N1CCC1. The number of likely N-dealkylation sites (tertiary alicyclic amines) is 1. The molecule has 1 fully saturated rings. The first-order chi connectivity index (χ1) is 7.80. The molecule has 0 unspecified atom stereocenters. The molecule has 1 rings (SSSR count). The van der Waals surface area contributed by atoms with Crippen molar-refractivity contribution in [1.29, 1.82) is 0 Å². The predicted octanol–water partition coefficient (Wildman–Crippen LogP) is 2.22. The summed E-state index contributed by atoms with van der Waals surface area (Å²) in [6.45, 7) is 12.9. The maximum Gasteiger partial charge on any atom is 0.223 e. The molecule has 0 spiro atoms. The van der Waals surface area contributed by atoms with Gasteiger partial charge in [-0.3, -0.25) is 4.79 Å². The van der Waals surface area contributed by atoms with Crippen LogP contribution in [0.25, 0.3) is 0 Å². The lowest BCUT2D eigenvalue weighted by molar-refractivity contribution is -0.137. The second-order valence-corrected chi connectivity index (χ2v) is 6.67. The molecule has 0 radical (unpaired) electrons. The molecular weight excluding hydrogens is 212 g/mol.